The molecule has 362 valence electrons. The number of phosphoric ester groups is 1. The maximum atomic E-state index is 12.7. The zero-order chi connectivity index (χ0) is 47.1. The Kier molecular flexibility index (Phi) is 42.1. The average molecular weight is 910 g/mol. The molecule has 0 aliphatic heterocycles. The first-order chi connectivity index (χ1) is 31.0. The number of allylic oxidation sites excluding steroid dienone is 20. The fraction of sp³-hybridized carbons (Fsp3) is 0.593. The highest BCUT2D eigenvalue weighted by Gasteiger charge is 2.21. The van der Waals surface area contributed by atoms with Crippen molar-refractivity contribution in [3.05, 3.63) is 122 Å². The van der Waals surface area contributed by atoms with Gasteiger partial charge in [-0.2, -0.15) is 0 Å². The topological polar surface area (TPSA) is 111 Å². The summed E-state index contributed by atoms with van der Waals surface area (Å²) in [5.41, 5.74) is 0. The van der Waals surface area contributed by atoms with Crippen LogP contribution in [0.2, 0.25) is 0 Å². The van der Waals surface area contributed by atoms with Crippen molar-refractivity contribution in [3.8, 4) is 0 Å². The number of nitrogens with zero attached hydrogens (tertiary/aromatic N) is 1. The van der Waals surface area contributed by atoms with Gasteiger partial charge in [0.1, 0.15) is 19.8 Å². The lowest BCUT2D eigenvalue weighted by Gasteiger charge is -2.28. The summed E-state index contributed by atoms with van der Waals surface area (Å²) in [6, 6.07) is 0. The third-order valence-electron chi connectivity index (χ3n) is 9.48. The number of quaternary nitrogens is 1. The fourth-order valence-electron chi connectivity index (χ4n) is 5.73. The van der Waals surface area contributed by atoms with Crippen LogP contribution in [0.5, 0.6) is 0 Å². The number of hydrogen-bond donors (Lipinski definition) is 0. The molecule has 0 aliphatic rings. The van der Waals surface area contributed by atoms with Gasteiger partial charge in [-0.1, -0.05) is 174 Å². The highest BCUT2D eigenvalue weighted by molar-refractivity contribution is 7.45. The summed E-state index contributed by atoms with van der Waals surface area (Å²) in [7, 11) is 1.07. The van der Waals surface area contributed by atoms with E-state index in [1.165, 1.54) is 51.4 Å². The molecular formula is C54H88NO8P. The van der Waals surface area contributed by atoms with Gasteiger partial charge in [-0.15, -0.1) is 0 Å². The Hall–Kier alpha value is -3.59. The third-order valence-corrected chi connectivity index (χ3v) is 10.4. The molecule has 0 aromatic rings. The number of rotatable bonds is 42. The molecule has 2 atom stereocenters. The number of carbonyl (C=O) groups is 2. The van der Waals surface area contributed by atoms with E-state index in [2.05, 4.69) is 117 Å². The molecule has 0 spiro atoms. The van der Waals surface area contributed by atoms with Crippen LogP contribution < -0.4 is 4.89 Å². The van der Waals surface area contributed by atoms with E-state index in [0.717, 1.165) is 57.8 Å². The molecule has 0 radical (unpaired) electrons. The first-order valence-corrected chi connectivity index (χ1v) is 25.7. The Morgan fingerprint density at radius 1 is 0.500 bits per heavy atom. The molecule has 1 unspecified atom stereocenters. The number of carbonyl (C=O) groups excluding carboxylic acids is 2. The summed E-state index contributed by atoms with van der Waals surface area (Å²) in [5, 5.41) is 0. The van der Waals surface area contributed by atoms with Crippen molar-refractivity contribution in [2.45, 2.75) is 161 Å². The van der Waals surface area contributed by atoms with Gasteiger partial charge in [-0.25, -0.2) is 0 Å². The van der Waals surface area contributed by atoms with Gasteiger partial charge in [0.05, 0.1) is 27.7 Å². The van der Waals surface area contributed by atoms with Gasteiger partial charge in [0.15, 0.2) is 6.10 Å². The van der Waals surface area contributed by atoms with E-state index in [-0.39, 0.29) is 26.1 Å². The van der Waals surface area contributed by atoms with Crippen LogP contribution in [0.25, 0.3) is 0 Å². The number of esters is 2. The second kappa shape index (κ2) is 44.6. The summed E-state index contributed by atoms with van der Waals surface area (Å²) in [4.78, 5) is 37.6. The van der Waals surface area contributed by atoms with E-state index >= 15 is 0 Å². The molecule has 0 saturated carbocycles. The minimum absolute atomic E-state index is 0.0596. The number of ether oxygens (including phenoxy) is 2. The second-order valence-electron chi connectivity index (χ2n) is 16.7. The van der Waals surface area contributed by atoms with Crippen LogP contribution >= 0.6 is 7.82 Å². The van der Waals surface area contributed by atoms with E-state index in [4.69, 9.17) is 18.5 Å². The monoisotopic (exact) mass is 910 g/mol. The molecule has 0 amide bonds. The number of phosphoric acid groups is 1. The molecule has 0 saturated heterocycles. The molecule has 10 heteroatoms. The van der Waals surface area contributed by atoms with Crippen LogP contribution in [-0.4, -0.2) is 70.0 Å². The molecular weight excluding hydrogens is 822 g/mol. The molecule has 0 fully saturated rings. The normalized spacial score (nSPS) is 14.5. The maximum absolute atomic E-state index is 12.7. The molecule has 0 rings (SSSR count). The SMILES string of the molecule is CC/C=C/C/C=C/C/C=C/C/C=C/C/C=C/C/C=C/CCC(=O)OC[C@H](COP(=O)([O-])OCC[N+](C)(C)C)OC(=O)CCC/C=C/C/C=C/C/C=C/C/C=C/CCCCCCCCC. The van der Waals surface area contributed by atoms with Crippen molar-refractivity contribution < 1.29 is 42.1 Å². The molecule has 0 heterocycles. The molecule has 0 bridgehead atoms. The number of hydrogen-bond acceptors (Lipinski definition) is 8. The van der Waals surface area contributed by atoms with E-state index in [1.54, 1.807) is 0 Å². The first kappa shape index (κ1) is 60.4. The van der Waals surface area contributed by atoms with Crippen molar-refractivity contribution in [2.24, 2.45) is 0 Å². The third kappa shape index (κ3) is 47.9. The van der Waals surface area contributed by atoms with Gasteiger partial charge in [-0.05, 0) is 89.9 Å². The summed E-state index contributed by atoms with van der Waals surface area (Å²) in [6.07, 6.45) is 62.6. The Morgan fingerprint density at radius 3 is 1.39 bits per heavy atom. The highest BCUT2D eigenvalue weighted by atomic mass is 31.2. The molecule has 0 aliphatic carbocycles. The van der Waals surface area contributed by atoms with Crippen molar-refractivity contribution in [3.63, 3.8) is 0 Å². The average Bonchev–Trinajstić information content (AvgIpc) is 3.25. The predicted octanol–water partition coefficient (Wildman–Crippen LogP) is 13.8. The van der Waals surface area contributed by atoms with Crippen molar-refractivity contribution in [1.29, 1.82) is 0 Å². The Morgan fingerprint density at radius 2 is 0.922 bits per heavy atom. The van der Waals surface area contributed by atoms with Crippen LogP contribution in [0.15, 0.2) is 122 Å². The van der Waals surface area contributed by atoms with Gasteiger partial charge >= 0.3 is 11.9 Å². The van der Waals surface area contributed by atoms with Crippen molar-refractivity contribution in [2.75, 3.05) is 47.5 Å². The molecule has 0 aromatic carbocycles. The van der Waals surface area contributed by atoms with E-state index < -0.39 is 32.5 Å². The van der Waals surface area contributed by atoms with Crippen LogP contribution in [0.3, 0.4) is 0 Å². The van der Waals surface area contributed by atoms with Crippen LogP contribution in [-0.2, 0) is 32.7 Å². The Balaban J connectivity index is 4.54. The largest absolute Gasteiger partial charge is 0.756 e. The first-order valence-electron chi connectivity index (χ1n) is 24.2. The van der Waals surface area contributed by atoms with Crippen molar-refractivity contribution in [1.82, 2.24) is 0 Å². The lowest BCUT2D eigenvalue weighted by atomic mass is 10.1. The molecule has 9 nitrogen and oxygen atoms in total. The second-order valence-corrected chi connectivity index (χ2v) is 18.1. The predicted molar refractivity (Wildman–Crippen MR) is 268 cm³/mol. The van der Waals surface area contributed by atoms with Gasteiger partial charge in [0, 0.05) is 12.8 Å². The van der Waals surface area contributed by atoms with Crippen molar-refractivity contribution >= 4 is 19.8 Å². The highest BCUT2D eigenvalue weighted by Crippen LogP contribution is 2.38. The Bertz CT molecular complexity index is 1490. The van der Waals surface area contributed by atoms with E-state index in [9.17, 15) is 19.0 Å². The van der Waals surface area contributed by atoms with Gasteiger partial charge < -0.3 is 27.9 Å². The van der Waals surface area contributed by atoms with Crippen LogP contribution in [0.4, 0.5) is 0 Å². The summed E-state index contributed by atoms with van der Waals surface area (Å²) in [5.74, 6) is -1.01. The standard InChI is InChI=1S/C54H88NO8P/c1-6-8-10-12-14-16-18-20-22-24-26-27-29-31-33-35-37-39-41-43-45-47-54(57)63-52(51-62-64(58,59)61-49-48-55(3,4)5)50-60-53(56)46-44-42-40-38-36-34-32-30-28-25-23-21-19-17-15-13-11-9-7-2/h9,11,15,17,21-24,27-30,33-36,39-42,52H,6-8,10,12-14,16,18-20,25-26,31-32,37-38,43-51H2,1-5H3/b11-9+,17-15+,23-21+,24-22+,29-27+,30-28+,35-33+,36-34+,41-39+,42-40+/t52-/m1/s1. The zero-order valence-corrected chi connectivity index (χ0v) is 41.6. The lowest BCUT2D eigenvalue weighted by molar-refractivity contribution is -0.870. The van der Waals surface area contributed by atoms with Gasteiger partial charge in [0.2, 0.25) is 0 Å². The minimum atomic E-state index is -4.67. The summed E-state index contributed by atoms with van der Waals surface area (Å²) < 4.78 is 33.8. The molecule has 64 heavy (non-hydrogen) atoms. The molecule has 0 N–H and O–H groups in total. The quantitative estimate of drug-likeness (QED) is 0.0196. The van der Waals surface area contributed by atoms with Gasteiger partial charge in [0.25, 0.3) is 7.82 Å². The zero-order valence-electron chi connectivity index (χ0n) is 40.7. The summed E-state index contributed by atoms with van der Waals surface area (Å²) >= 11 is 0. The fourth-order valence-corrected chi connectivity index (χ4v) is 6.46. The van der Waals surface area contributed by atoms with E-state index in [0.29, 0.717) is 30.3 Å². The summed E-state index contributed by atoms with van der Waals surface area (Å²) in [6.45, 7) is 3.93. The van der Waals surface area contributed by atoms with Gasteiger partial charge in [-0.3, -0.25) is 14.2 Å². The molecule has 0 aromatic heterocycles. The lowest BCUT2D eigenvalue weighted by Crippen LogP contribution is -2.37. The van der Waals surface area contributed by atoms with E-state index in [1.807, 2.05) is 39.4 Å². The Labute approximate surface area is 390 Å². The van der Waals surface area contributed by atoms with Crippen LogP contribution in [0, 0.1) is 0 Å². The number of likely N-dealkylation sites (N-methyl/N-ethyl adjacent to an activating group) is 1. The smallest absolute Gasteiger partial charge is 0.306 e. The minimum Gasteiger partial charge on any atom is -0.756 e. The maximum Gasteiger partial charge on any atom is 0.306 e. The van der Waals surface area contributed by atoms with Crippen LogP contribution in [0.1, 0.15) is 155 Å². The number of unbranched alkanes of at least 4 members (excludes halogenated alkanes) is 8.